The average Bonchev–Trinajstić information content (AvgIpc) is 3.07. The molecule has 3 aliphatic rings. The lowest BCUT2D eigenvalue weighted by atomic mass is 9.87. The summed E-state index contributed by atoms with van der Waals surface area (Å²) in [5.41, 5.74) is -0.732. The summed E-state index contributed by atoms with van der Waals surface area (Å²) < 4.78 is 29.0. The van der Waals surface area contributed by atoms with E-state index in [1.807, 2.05) is 0 Å². The molecular formula is C23H19F2N3O4. The predicted molar refractivity (Wildman–Crippen MR) is 108 cm³/mol. The molecule has 2 aromatic rings. The van der Waals surface area contributed by atoms with Crippen molar-refractivity contribution in [3.63, 3.8) is 0 Å². The van der Waals surface area contributed by atoms with Crippen molar-refractivity contribution < 1.29 is 28.0 Å². The van der Waals surface area contributed by atoms with Gasteiger partial charge in [-0.15, -0.1) is 0 Å². The van der Waals surface area contributed by atoms with Gasteiger partial charge in [0.2, 0.25) is 11.8 Å². The van der Waals surface area contributed by atoms with Crippen molar-refractivity contribution in [2.24, 2.45) is 0 Å². The SMILES string of the molecule is O=C1CCC(N2Cc3cc(C(=O)N4CC(F)(c5ccccc5F)C4)ccc3C2=O)C(=O)N1. The normalized spacial score (nSPS) is 21.8. The molecule has 1 atom stereocenters. The number of imide groups is 1. The van der Waals surface area contributed by atoms with Gasteiger partial charge in [0.05, 0.1) is 13.1 Å². The number of likely N-dealkylation sites (tertiary alicyclic amines) is 1. The fourth-order valence-electron chi connectivity index (χ4n) is 4.59. The van der Waals surface area contributed by atoms with Gasteiger partial charge < -0.3 is 9.80 Å². The van der Waals surface area contributed by atoms with Crippen LogP contribution in [0.25, 0.3) is 0 Å². The third-order valence-corrected chi connectivity index (χ3v) is 6.30. The molecule has 2 saturated heterocycles. The van der Waals surface area contributed by atoms with Crippen molar-refractivity contribution in [1.29, 1.82) is 0 Å². The molecule has 0 aliphatic carbocycles. The first-order valence-corrected chi connectivity index (χ1v) is 10.3. The maximum atomic E-state index is 15.1. The van der Waals surface area contributed by atoms with Crippen LogP contribution in [-0.2, 0) is 21.8 Å². The number of halogens is 2. The maximum absolute atomic E-state index is 15.1. The first-order chi connectivity index (χ1) is 15.3. The fourth-order valence-corrected chi connectivity index (χ4v) is 4.59. The number of alkyl halides is 1. The highest BCUT2D eigenvalue weighted by Crippen LogP contribution is 2.38. The second-order valence-corrected chi connectivity index (χ2v) is 8.38. The van der Waals surface area contributed by atoms with Crippen LogP contribution in [0.4, 0.5) is 8.78 Å². The van der Waals surface area contributed by atoms with Crippen molar-refractivity contribution in [3.05, 3.63) is 70.5 Å². The lowest BCUT2D eigenvalue weighted by Gasteiger charge is -2.44. The Labute approximate surface area is 182 Å². The van der Waals surface area contributed by atoms with Crippen LogP contribution in [0.5, 0.6) is 0 Å². The largest absolute Gasteiger partial charge is 0.331 e. The van der Waals surface area contributed by atoms with Gasteiger partial charge in [-0.1, -0.05) is 18.2 Å². The Morgan fingerprint density at radius 3 is 2.56 bits per heavy atom. The summed E-state index contributed by atoms with van der Waals surface area (Å²) in [4.78, 5) is 51.8. The Bertz CT molecular complexity index is 1180. The highest BCUT2D eigenvalue weighted by Gasteiger charge is 2.49. The van der Waals surface area contributed by atoms with E-state index in [1.54, 1.807) is 12.1 Å². The molecule has 32 heavy (non-hydrogen) atoms. The first kappa shape index (κ1) is 20.3. The summed E-state index contributed by atoms with van der Waals surface area (Å²) in [5.74, 6) is -2.26. The third-order valence-electron chi connectivity index (χ3n) is 6.30. The average molecular weight is 439 g/mol. The number of nitrogens with one attached hydrogen (secondary N) is 1. The second-order valence-electron chi connectivity index (χ2n) is 8.38. The first-order valence-electron chi connectivity index (χ1n) is 10.3. The minimum atomic E-state index is -1.93. The van der Waals surface area contributed by atoms with Crippen molar-refractivity contribution in [3.8, 4) is 0 Å². The zero-order chi connectivity index (χ0) is 22.6. The summed E-state index contributed by atoms with van der Waals surface area (Å²) >= 11 is 0. The topological polar surface area (TPSA) is 86.8 Å². The van der Waals surface area contributed by atoms with Crippen LogP contribution in [-0.4, -0.2) is 52.6 Å². The van der Waals surface area contributed by atoms with E-state index in [1.165, 1.54) is 40.1 Å². The molecule has 3 aliphatic heterocycles. The van der Waals surface area contributed by atoms with Crippen molar-refractivity contribution in [1.82, 2.24) is 15.1 Å². The fraction of sp³-hybridized carbons (Fsp3) is 0.304. The lowest BCUT2D eigenvalue weighted by Crippen LogP contribution is -2.59. The Hall–Kier alpha value is -3.62. The van der Waals surface area contributed by atoms with Crippen LogP contribution in [0.1, 0.15) is 44.7 Å². The van der Waals surface area contributed by atoms with Crippen LogP contribution in [0, 0.1) is 5.82 Å². The van der Waals surface area contributed by atoms with Gasteiger partial charge in [-0.2, -0.15) is 0 Å². The van der Waals surface area contributed by atoms with Gasteiger partial charge in [0.15, 0.2) is 5.67 Å². The van der Waals surface area contributed by atoms with E-state index in [9.17, 15) is 23.6 Å². The van der Waals surface area contributed by atoms with Gasteiger partial charge in [-0.05, 0) is 36.2 Å². The van der Waals surface area contributed by atoms with Gasteiger partial charge in [0, 0.05) is 29.7 Å². The Balaban J connectivity index is 1.31. The lowest BCUT2D eigenvalue weighted by molar-refractivity contribution is -0.136. The van der Waals surface area contributed by atoms with Crippen LogP contribution < -0.4 is 5.32 Å². The van der Waals surface area contributed by atoms with Gasteiger partial charge in [0.1, 0.15) is 11.9 Å². The molecule has 1 N–H and O–H groups in total. The zero-order valence-corrected chi connectivity index (χ0v) is 16.9. The summed E-state index contributed by atoms with van der Waals surface area (Å²) in [6.45, 7) is -0.375. The molecule has 0 bridgehead atoms. The molecule has 1 unspecified atom stereocenters. The minimum Gasteiger partial charge on any atom is -0.331 e. The van der Waals surface area contributed by atoms with E-state index in [2.05, 4.69) is 5.32 Å². The van der Waals surface area contributed by atoms with Crippen LogP contribution in [0.15, 0.2) is 42.5 Å². The van der Waals surface area contributed by atoms with Crippen LogP contribution in [0.2, 0.25) is 0 Å². The predicted octanol–water partition coefficient (Wildman–Crippen LogP) is 1.91. The summed E-state index contributed by atoms with van der Waals surface area (Å²) in [5, 5.41) is 2.24. The van der Waals surface area contributed by atoms with Gasteiger partial charge in [-0.3, -0.25) is 24.5 Å². The number of hydrogen-bond acceptors (Lipinski definition) is 4. The van der Waals surface area contributed by atoms with Crippen molar-refractivity contribution >= 4 is 23.6 Å². The number of benzene rings is 2. The number of amides is 4. The third kappa shape index (κ3) is 3.16. The van der Waals surface area contributed by atoms with Gasteiger partial charge in [-0.25, -0.2) is 8.78 Å². The molecular weight excluding hydrogens is 420 g/mol. The summed E-state index contributed by atoms with van der Waals surface area (Å²) in [7, 11) is 0. The number of carbonyl (C=O) groups is 4. The Morgan fingerprint density at radius 1 is 1.09 bits per heavy atom. The highest BCUT2D eigenvalue weighted by molar-refractivity contribution is 6.06. The molecule has 0 saturated carbocycles. The highest BCUT2D eigenvalue weighted by atomic mass is 19.1. The molecule has 9 heteroatoms. The molecule has 0 radical (unpaired) electrons. The molecule has 5 rings (SSSR count). The van der Waals surface area contributed by atoms with E-state index in [0.717, 1.165) is 0 Å². The summed E-state index contributed by atoms with van der Waals surface area (Å²) in [6, 6.07) is 9.45. The van der Waals surface area contributed by atoms with Gasteiger partial charge >= 0.3 is 0 Å². The zero-order valence-electron chi connectivity index (χ0n) is 16.9. The molecule has 2 fully saturated rings. The van der Waals surface area contributed by atoms with E-state index >= 15 is 4.39 Å². The van der Waals surface area contributed by atoms with Gasteiger partial charge in [0.25, 0.3) is 11.8 Å². The molecule has 0 aromatic heterocycles. The minimum absolute atomic E-state index is 0.0662. The summed E-state index contributed by atoms with van der Waals surface area (Å²) in [6.07, 6.45) is 0.404. The molecule has 3 heterocycles. The molecule has 0 spiro atoms. The number of piperidine rings is 1. The quantitative estimate of drug-likeness (QED) is 0.741. The molecule has 7 nitrogen and oxygen atoms in total. The number of rotatable bonds is 3. The number of carbonyl (C=O) groups excluding carboxylic acids is 4. The number of nitrogens with zero attached hydrogens (tertiary/aromatic N) is 2. The van der Waals surface area contributed by atoms with E-state index < -0.39 is 29.3 Å². The van der Waals surface area contributed by atoms with E-state index in [-0.39, 0.29) is 55.4 Å². The van der Waals surface area contributed by atoms with Crippen molar-refractivity contribution in [2.45, 2.75) is 31.1 Å². The molecule has 4 amide bonds. The Kier molecular flexibility index (Phi) is 4.58. The monoisotopic (exact) mass is 439 g/mol. The van der Waals surface area contributed by atoms with Crippen LogP contribution >= 0.6 is 0 Å². The standard InChI is InChI=1S/C23H19F2N3O4/c24-17-4-2-1-3-16(17)23(25)11-27(12-23)21(31)13-5-6-15-14(9-13)10-28(22(15)32)18-7-8-19(29)26-20(18)30/h1-6,9,18H,7-8,10-12H2,(H,26,29,30). The molecule has 2 aromatic carbocycles. The smallest absolute Gasteiger partial charge is 0.255 e. The van der Waals surface area contributed by atoms with Crippen molar-refractivity contribution in [2.75, 3.05) is 13.1 Å². The number of fused-ring (bicyclic) bond motifs is 1. The maximum Gasteiger partial charge on any atom is 0.255 e. The Morgan fingerprint density at radius 2 is 1.84 bits per heavy atom. The molecule has 164 valence electrons. The van der Waals surface area contributed by atoms with Crippen LogP contribution in [0.3, 0.4) is 0 Å². The second kappa shape index (κ2) is 7.22. The van der Waals surface area contributed by atoms with E-state index in [0.29, 0.717) is 11.1 Å². The number of hydrogen-bond donors (Lipinski definition) is 1. The van der Waals surface area contributed by atoms with E-state index in [4.69, 9.17) is 0 Å².